The molecule has 1 unspecified atom stereocenters. The molecule has 5 rings (SSSR count). The normalized spacial score (nSPS) is 12.6. The zero-order valence-electron chi connectivity index (χ0n) is 21.6. The fraction of sp³-hybridized carbons (Fsp3) is 0.200. The van der Waals surface area contributed by atoms with Crippen LogP contribution in [0.2, 0.25) is 0 Å². The minimum Gasteiger partial charge on any atom is -0.425 e. The predicted molar refractivity (Wildman–Crippen MR) is 149 cm³/mol. The number of hydrogen-bond donors (Lipinski definition) is 2. The first-order valence-corrected chi connectivity index (χ1v) is 14.1. The van der Waals surface area contributed by atoms with E-state index in [1.807, 2.05) is 38.1 Å². The Kier molecular flexibility index (Phi) is 7.36. The van der Waals surface area contributed by atoms with Gasteiger partial charge in [0.25, 0.3) is 0 Å². The zero-order chi connectivity index (χ0) is 27.6. The van der Waals surface area contributed by atoms with Gasteiger partial charge >= 0.3 is 11.6 Å². The molecule has 0 saturated heterocycles. The summed E-state index contributed by atoms with van der Waals surface area (Å²) in [5.74, 6) is -0.648. The Labute approximate surface area is 225 Å². The number of aryl methyl sites for hydroxylation is 2. The SMILES string of the molecule is CCCc1cc(=O)oc2cc(OC(=O)C(Cc3c[nH]c4ccccc34)NS(=O)(=O)c3ccc(C)cc3)ccc12. The lowest BCUT2D eigenvalue weighted by molar-refractivity contribution is -0.136. The smallest absolute Gasteiger partial charge is 0.336 e. The summed E-state index contributed by atoms with van der Waals surface area (Å²) in [4.78, 5) is 28.7. The summed E-state index contributed by atoms with van der Waals surface area (Å²) in [7, 11) is -4.04. The number of rotatable bonds is 9. The lowest BCUT2D eigenvalue weighted by Crippen LogP contribution is -2.44. The maximum atomic E-state index is 13.5. The van der Waals surface area contributed by atoms with Crippen LogP contribution in [-0.2, 0) is 27.7 Å². The van der Waals surface area contributed by atoms with Gasteiger partial charge in [-0.2, -0.15) is 4.72 Å². The first kappa shape index (κ1) is 26.4. The number of aromatic amines is 1. The molecule has 1 atom stereocenters. The molecule has 0 amide bonds. The Morgan fingerprint density at radius 1 is 1.00 bits per heavy atom. The number of carbonyl (C=O) groups is 1. The van der Waals surface area contributed by atoms with Gasteiger partial charge in [-0.05, 0) is 54.8 Å². The summed E-state index contributed by atoms with van der Waals surface area (Å²) in [6.45, 7) is 3.87. The number of esters is 1. The second kappa shape index (κ2) is 10.9. The van der Waals surface area contributed by atoms with Crippen LogP contribution in [0.4, 0.5) is 0 Å². The molecule has 0 aliphatic rings. The molecule has 0 bridgehead atoms. The highest BCUT2D eigenvalue weighted by molar-refractivity contribution is 7.89. The van der Waals surface area contributed by atoms with Crippen molar-refractivity contribution in [1.29, 1.82) is 0 Å². The molecule has 0 fully saturated rings. The summed E-state index contributed by atoms with van der Waals surface area (Å²) in [6, 6.07) is 19.0. The van der Waals surface area contributed by atoms with E-state index in [9.17, 15) is 18.0 Å². The van der Waals surface area contributed by atoms with Crippen molar-refractivity contribution in [2.24, 2.45) is 0 Å². The molecule has 0 radical (unpaired) electrons. The van der Waals surface area contributed by atoms with Crippen LogP contribution in [0.5, 0.6) is 5.75 Å². The molecule has 2 heterocycles. The van der Waals surface area contributed by atoms with E-state index in [1.54, 1.807) is 30.5 Å². The van der Waals surface area contributed by atoms with Crippen LogP contribution in [0, 0.1) is 6.92 Å². The van der Waals surface area contributed by atoms with E-state index < -0.39 is 27.7 Å². The van der Waals surface area contributed by atoms with Crippen LogP contribution in [0.1, 0.15) is 30.0 Å². The third-order valence-corrected chi connectivity index (χ3v) is 8.04. The minimum absolute atomic E-state index is 0.0424. The highest BCUT2D eigenvalue weighted by Gasteiger charge is 2.29. The van der Waals surface area contributed by atoms with Crippen LogP contribution in [-0.4, -0.2) is 25.4 Å². The average Bonchev–Trinajstić information content (AvgIpc) is 3.31. The van der Waals surface area contributed by atoms with Gasteiger partial charge < -0.3 is 14.1 Å². The van der Waals surface area contributed by atoms with Gasteiger partial charge in [0.15, 0.2) is 0 Å². The number of aromatic nitrogens is 1. The standard InChI is InChI=1S/C30H28N2O6S/c1-3-6-20-16-29(33)38-28-17-22(11-14-25(20)28)37-30(34)27(15-21-18-31-26-8-5-4-7-24(21)26)32-39(35,36)23-12-9-19(2)10-13-23/h4-5,7-14,16-18,27,31-32H,3,6,15H2,1-2H3. The van der Waals surface area contributed by atoms with Crippen LogP contribution < -0.4 is 15.1 Å². The van der Waals surface area contributed by atoms with Crippen LogP contribution in [0.25, 0.3) is 21.9 Å². The summed E-state index contributed by atoms with van der Waals surface area (Å²) in [5.41, 5.74) is 3.20. The maximum Gasteiger partial charge on any atom is 0.336 e. The van der Waals surface area contributed by atoms with Gasteiger partial charge in [0, 0.05) is 41.0 Å². The Balaban J connectivity index is 1.47. The molecule has 9 heteroatoms. The van der Waals surface area contributed by atoms with E-state index in [4.69, 9.17) is 9.15 Å². The number of H-pyrrole nitrogens is 1. The van der Waals surface area contributed by atoms with E-state index in [0.717, 1.165) is 39.4 Å². The molecular weight excluding hydrogens is 516 g/mol. The van der Waals surface area contributed by atoms with E-state index in [0.29, 0.717) is 12.0 Å². The van der Waals surface area contributed by atoms with Crippen molar-refractivity contribution >= 4 is 37.9 Å². The van der Waals surface area contributed by atoms with Gasteiger partial charge in [-0.25, -0.2) is 18.0 Å². The first-order chi connectivity index (χ1) is 18.7. The molecule has 0 aliphatic carbocycles. The summed E-state index contributed by atoms with van der Waals surface area (Å²) in [5, 5.41) is 1.63. The molecule has 0 saturated carbocycles. The van der Waals surface area contributed by atoms with Crippen LogP contribution in [0.15, 0.2) is 93.1 Å². The van der Waals surface area contributed by atoms with E-state index in [-0.39, 0.29) is 17.1 Å². The van der Waals surface area contributed by atoms with Crippen molar-refractivity contribution in [3.8, 4) is 5.75 Å². The lowest BCUT2D eigenvalue weighted by Gasteiger charge is -2.18. The topological polar surface area (TPSA) is 118 Å². The molecule has 2 N–H and O–H groups in total. The number of para-hydroxylation sites is 1. The molecule has 0 spiro atoms. The molecule has 3 aromatic carbocycles. The van der Waals surface area contributed by atoms with Crippen LogP contribution >= 0.6 is 0 Å². The predicted octanol–water partition coefficient (Wildman–Crippen LogP) is 5.03. The molecular formula is C30H28N2O6S. The number of ether oxygens (including phenoxy) is 1. The first-order valence-electron chi connectivity index (χ1n) is 12.7. The quantitative estimate of drug-likeness (QED) is 0.153. The summed E-state index contributed by atoms with van der Waals surface area (Å²) >= 11 is 0. The van der Waals surface area contributed by atoms with Gasteiger partial charge in [0.2, 0.25) is 10.0 Å². The summed E-state index contributed by atoms with van der Waals surface area (Å²) in [6.07, 6.45) is 3.36. The zero-order valence-corrected chi connectivity index (χ0v) is 22.4. The van der Waals surface area contributed by atoms with Gasteiger partial charge in [-0.3, -0.25) is 0 Å². The van der Waals surface area contributed by atoms with Gasteiger partial charge in [-0.15, -0.1) is 0 Å². The number of sulfonamides is 1. The lowest BCUT2D eigenvalue weighted by atomic mass is 10.1. The van der Waals surface area contributed by atoms with E-state index >= 15 is 0 Å². The molecule has 8 nitrogen and oxygen atoms in total. The van der Waals surface area contributed by atoms with Crippen molar-refractivity contribution in [2.45, 2.75) is 44.0 Å². The Morgan fingerprint density at radius 3 is 2.54 bits per heavy atom. The third-order valence-electron chi connectivity index (χ3n) is 6.55. The minimum atomic E-state index is -4.04. The average molecular weight is 545 g/mol. The molecule has 5 aromatic rings. The van der Waals surface area contributed by atoms with Crippen molar-refractivity contribution in [1.82, 2.24) is 9.71 Å². The summed E-state index contributed by atoms with van der Waals surface area (Å²) < 4.78 is 40.0. The molecule has 39 heavy (non-hydrogen) atoms. The molecule has 2 aromatic heterocycles. The van der Waals surface area contributed by atoms with Crippen molar-refractivity contribution in [2.75, 3.05) is 0 Å². The Hall–Kier alpha value is -4.21. The van der Waals surface area contributed by atoms with Gasteiger partial charge in [-0.1, -0.05) is 49.2 Å². The Morgan fingerprint density at radius 2 is 1.77 bits per heavy atom. The van der Waals surface area contributed by atoms with Crippen molar-refractivity contribution in [3.05, 3.63) is 106 Å². The molecule has 200 valence electrons. The largest absolute Gasteiger partial charge is 0.425 e. The van der Waals surface area contributed by atoms with Gasteiger partial charge in [0.1, 0.15) is 17.4 Å². The van der Waals surface area contributed by atoms with E-state index in [2.05, 4.69) is 9.71 Å². The Bertz CT molecular complexity index is 1820. The highest BCUT2D eigenvalue weighted by atomic mass is 32.2. The number of carbonyl (C=O) groups excluding carboxylic acids is 1. The number of fused-ring (bicyclic) bond motifs is 2. The second-order valence-corrected chi connectivity index (χ2v) is 11.2. The van der Waals surface area contributed by atoms with Crippen molar-refractivity contribution < 1.29 is 22.4 Å². The van der Waals surface area contributed by atoms with E-state index in [1.165, 1.54) is 24.3 Å². The monoisotopic (exact) mass is 544 g/mol. The number of benzene rings is 3. The number of nitrogens with one attached hydrogen (secondary N) is 2. The maximum absolute atomic E-state index is 13.5. The van der Waals surface area contributed by atoms with Gasteiger partial charge in [0.05, 0.1) is 4.90 Å². The fourth-order valence-corrected chi connectivity index (χ4v) is 5.79. The highest BCUT2D eigenvalue weighted by Crippen LogP contribution is 2.25. The third kappa shape index (κ3) is 5.79. The fourth-order valence-electron chi connectivity index (χ4n) is 4.60. The van der Waals surface area contributed by atoms with Crippen LogP contribution in [0.3, 0.4) is 0 Å². The second-order valence-electron chi connectivity index (χ2n) is 9.47. The number of hydrogen-bond acceptors (Lipinski definition) is 6. The molecule has 0 aliphatic heterocycles. The van der Waals surface area contributed by atoms with Crippen molar-refractivity contribution in [3.63, 3.8) is 0 Å².